The summed E-state index contributed by atoms with van der Waals surface area (Å²) in [5.41, 5.74) is 2.74. The van der Waals surface area contributed by atoms with Gasteiger partial charge in [-0.2, -0.15) is 17.0 Å². The Morgan fingerprint density at radius 1 is 1.47 bits per heavy atom. The third-order valence-electron chi connectivity index (χ3n) is 2.80. The molecule has 88 valence electrons. The summed E-state index contributed by atoms with van der Waals surface area (Å²) >= 11 is 1.83. The topological polar surface area (TPSA) is 41.6 Å². The molecule has 17 heavy (non-hydrogen) atoms. The molecule has 0 fully saturated rings. The molecule has 1 aromatic heterocycles. The van der Waals surface area contributed by atoms with E-state index >= 15 is 0 Å². The van der Waals surface area contributed by atoms with Gasteiger partial charge in [0.15, 0.2) is 0 Å². The van der Waals surface area contributed by atoms with Crippen LogP contribution in [0.25, 0.3) is 11.0 Å². The highest BCUT2D eigenvalue weighted by Crippen LogP contribution is 2.18. The number of aryl methyl sites for hydroxylation is 2. The van der Waals surface area contributed by atoms with Gasteiger partial charge >= 0.3 is 0 Å². The van der Waals surface area contributed by atoms with Crippen LogP contribution in [0.15, 0.2) is 18.2 Å². The van der Waals surface area contributed by atoms with E-state index in [-0.39, 0.29) is 0 Å². The summed E-state index contributed by atoms with van der Waals surface area (Å²) in [5.74, 6) is 2.20. The zero-order valence-corrected chi connectivity index (χ0v) is 10.9. The van der Waals surface area contributed by atoms with Crippen LogP contribution in [0.2, 0.25) is 0 Å². The Bertz CT molecular complexity index is 566. The van der Waals surface area contributed by atoms with Crippen molar-refractivity contribution in [1.82, 2.24) is 9.55 Å². The largest absolute Gasteiger partial charge is 0.328 e. The van der Waals surface area contributed by atoms with Crippen molar-refractivity contribution < 1.29 is 0 Å². The maximum atomic E-state index is 8.88. The zero-order chi connectivity index (χ0) is 12.3. The van der Waals surface area contributed by atoms with Crippen molar-refractivity contribution in [2.24, 2.45) is 0 Å². The molecule has 0 radical (unpaired) electrons. The molecule has 0 aliphatic carbocycles. The van der Waals surface area contributed by atoms with Crippen molar-refractivity contribution in [2.45, 2.75) is 19.9 Å². The standard InChI is InChI=1S/C13H15N3S/c1-3-16-12-5-4-10(9-14)8-11(12)15-13(16)6-7-17-2/h4-5,8H,3,6-7H2,1-2H3. The molecule has 0 N–H and O–H groups in total. The van der Waals surface area contributed by atoms with Gasteiger partial charge in [0, 0.05) is 18.7 Å². The fourth-order valence-corrected chi connectivity index (χ4v) is 2.37. The minimum Gasteiger partial charge on any atom is -0.328 e. The molecule has 2 aromatic rings. The van der Waals surface area contributed by atoms with Gasteiger partial charge in [0.25, 0.3) is 0 Å². The summed E-state index contributed by atoms with van der Waals surface area (Å²) in [4.78, 5) is 4.63. The molecule has 3 nitrogen and oxygen atoms in total. The number of nitrogens with zero attached hydrogens (tertiary/aromatic N) is 3. The highest BCUT2D eigenvalue weighted by atomic mass is 32.2. The highest BCUT2D eigenvalue weighted by Gasteiger charge is 2.09. The molecule has 1 heterocycles. The Kier molecular flexibility index (Phi) is 3.70. The Morgan fingerprint density at radius 3 is 2.94 bits per heavy atom. The quantitative estimate of drug-likeness (QED) is 0.831. The lowest BCUT2D eigenvalue weighted by Crippen LogP contribution is -2.02. The van der Waals surface area contributed by atoms with E-state index in [9.17, 15) is 0 Å². The van der Waals surface area contributed by atoms with E-state index in [0.29, 0.717) is 5.56 Å². The van der Waals surface area contributed by atoms with Crippen molar-refractivity contribution >= 4 is 22.8 Å². The van der Waals surface area contributed by atoms with Gasteiger partial charge in [-0.3, -0.25) is 0 Å². The summed E-state index contributed by atoms with van der Waals surface area (Å²) in [7, 11) is 0. The third kappa shape index (κ3) is 2.29. The number of aromatic nitrogens is 2. The molecule has 0 saturated heterocycles. The molecule has 0 aliphatic heterocycles. The van der Waals surface area contributed by atoms with E-state index in [4.69, 9.17) is 5.26 Å². The number of rotatable bonds is 4. The van der Waals surface area contributed by atoms with Crippen LogP contribution < -0.4 is 0 Å². The number of nitriles is 1. The maximum absolute atomic E-state index is 8.88. The van der Waals surface area contributed by atoms with E-state index in [2.05, 4.69) is 28.8 Å². The molecular formula is C13H15N3S. The van der Waals surface area contributed by atoms with Crippen LogP contribution in [0.3, 0.4) is 0 Å². The second kappa shape index (κ2) is 5.24. The smallest absolute Gasteiger partial charge is 0.110 e. The van der Waals surface area contributed by atoms with E-state index < -0.39 is 0 Å². The fraction of sp³-hybridized carbons (Fsp3) is 0.385. The first-order chi connectivity index (χ1) is 8.30. The van der Waals surface area contributed by atoms with Gasteiger partial charge < -0.3 is 4.57 Å². The van der Waals surface area contributed by atoms with Gasteiger partial charge in [0.2, 0.25) is 0 Å². The monoisotopic (exact) mass is 245 g/mol. The lowest BCUT2D eigenvalue weighted by Gasteiger charge is -2.04. The Morgan fingerprint density at radius 2 is 2.29 bits per heavy atom. The number of hydrogen-bond donors (Lipinski definition) is 0. The van der Waals surface area contributed by atoms with E-state index in [1.165, 1.54) is 0 Å². The Labute approximate surface area is 105 Å². The van der Waals surface area contributed by atoms with Gasteiger partial charge in [-0.15, -0.1) is 0 Å². The molecule has 0 aliphatic rings. The average Bonchev–Trinajstić information content (AvgIpc) is 2.72. The molecule has 0 amide bonds. The first-order valence-corrected chi connectivity index (χ1v) is 7.07. The Hall–Kier alpha value is -1.47. The van der Waals surface area contributed by atoms with Crippen LogP contribution in [0, 0.1) is 11.3 Å². The molecule has 1 aromatic carbocycles. The van der Waals surface area contributed by atoms with Crippen molar-refractivity contribution in [2.75, 3.05) is 12.0 Å². The van der Waals surface area contributed by atoms with Crippen LogP contribution in [0.1, 0.15) is 18.3 Å². The summed E-state index contributed by atoms with van der Waals surface area (Å²) in [6, 6.07) is 7.87. The maximum Gasteiger partial charge on any atom is 0.110 e. The second-order valence-corrected chi connectivity index (χ2v) is 4.82. The number of thioether (sulfide) groups is 1. The van der Waals surface area contributed by atoms with E-state index in [1.807, 2.05) is 30.0 Å². The molecule has 0 atom stereocenters. The van der Waals surface area contributed by atoms with Crippen molar-refractivity contribution in [3.8, 4) is 6.07 Å². The summed E-state index contributed by atoms with van der Waals surface area (Å²) in [6.07, 6.45) is 3.08. The van der Waals surface area contributed by atoms with Crippen molar-refractivity contribution in [3.05, 3.63) is 29.6 Å². The number of fused-ring (bicyclic) bond motifs is 1. The number of hydrogen-bond acceptors (Lipinski definition) is 3. The van der Waals surface area contributed by atoms with Gasteiger partial charge in [-0.05, 0) is 31.4 Å². The number of imidazole rings is 1. The highest BCUT2D eigenvalue weighted by molar-refractivity contribution is 7.98. The van der Waals surface area contributed by atoms with Gasteiger partial charge in [0.05, 0.1) is 22.7 Å². The average molecular weight is 245 g/mol. The summed E-state index contributed by atoms with van der Waals surface area (Å²) in [6.45, 7) is 3.05. The van der Waals surface area contributed by atoms with Crippen LogP contribution >= 0.6 is 11.8 Å². The van der Waals surface area contributed by atoms with E-state index in [0.717, 1.165) is 35.6 Å². The minimum absolute atomic E-state index is 0.676. The molecule has 0 spiro atoms. The molecular weight excluding hydrogens is 230 g/mol. The van der Waals surface area contributed by atoms with Crippen molar-refractivity contribution in [1.29, 1.82) is 5.26 Å². The molecule has 4 heteroatoms. The first-order valence-electron chi connectivity index (χ1n) is 5.68. The van der Waals surface area contributed by atoms with Gasteiger partial charge in [-0.1, -0.05) is 0 Å². The normalized spacial score (nSPS) is 10.6. The lowest BCUT2D eigenvalue weighted by molar-refractivity contribution is 0.728. The third-order valence-corrected chi connectivity index (χ3v) is 3.41. The molecule has 2 rings (SSSR count). The second-order valence-electron chi connectivity index (χ2n) is 3.83. The van der Waals surface area contributed by atoms with Crippen LogP contribution in [-0.2, 0) is 13.0 Å². The predicted molar refractivity (Wildman–Crippen MR) is 72.2 cm³/mol. The molecule has 0 unspecified atom stereocenters. The lowest BCUT2D eigenvalue weighted by atomic mass is 10.2. The van der Waals surface area contributed by atoms with Gasteiger partial charge in [0.1, 0.15) is 5.82 Å². The van der Waals surface area contributed by atoms with Crippen molar-refractivity contribution in [3.63, 3.8) is 0 Å². The van der Waals surface area contributed by atoms with Crippen LogP contribution in [-0.4, -0.2) is 21.6 Å². The van der Waals surface area contributed by atoms with Crippen LogP contribution in [0.4, 0.5) is 0 Å². The predicted octanol–water partition coefficient (Wildman–Crippen LogP) is 2.83. The fourth-order valence-electron chi connectivity index (χ4n) is 1.99. The zero-order valence-electron chi connectivity index (χ0n) is 10.1. The minimum atomic E-state index is 0.676. The Balaban J connectivity index is 2.50. The summed E-state index contributed by atoms with van der Waals surface area (Å²) in [5, 5.41) is 8.88. The first kappa shape index (κ1) is 12.0. The summed E-state index contributed by atoms with van der Waals surface area (Å²) < 4.78 is 2.23. The number of benzene rings is 1. The van der Waals surface area contributed by atoms with Gasteiger partial charge in [-0.25, -0.2) is 4.98 Å². The van der Waals surface area contributed by atoms with Crippen LogP contribution in [0.5, 0.6) is 0 Å². The molecule has 0 saturated carbocycles. The van der Waals surface area contributed by atoms with E-state index in [1.54, 1.807) is 0 Å². The SMILES string of the molecule is CCn1c(CCSC)nc2cc(C#N)ccc21. The molecule has 0 bridgehead atoms.